The number of hydrogen-bond acceptors (Lipinski definition) is 4. The lowest BCUT2D eigenvalue weighted by Gasteiger charge is -2.56. The van der Waals surface area contributed by atoms with E-state index in [1.807, 2.05) is 18.2 Å². The van der Waals surface area contributed by atoms with E-state index < -0.39 is 0 Å². The van der Waals surface area contributed by atoms with Crippen LogP contribution < -0.4 is 10.6 Å². The molecule has 172 valence electrons. The highest BCUT2D eigenvalue weighted by atomic mass is 32.2. The topological polar surface area (TPSA) is 75.3 Å². The fourth-order valence-corrected chi connectivity index (χ4v) is 7.38. The zero-order chi connectivity index (χ0) is 23.0. The molecule has 6 rings (SSSR count). The predicted molar refractivity (Wildman–Crippen MR) is 131 cm³/mol. The molecule has 0 saturated heterocycles. The van der Waals surface area contributed by atoms with E-state index in [9.17, 15) is 14.4 Å². The fraction of sp³-hybridized carbons (Fsp3) is 0.444. The first kappa shape index (κ1) is 22.2. The van der Waals surface area contributed by atoms with Gasteiger partial charge >= 0.3 is 0 Å². The van der Waals surface area contributed by atoms with Crippen LogP contribution in [0.4, 0.5) is 5.69 Å². The maximum absolute atomic E-state index is 12.9. The Bertz CT molecular complexity index is 1060. The molecule has 0 heterocycles. The summed E-state index contributed by atoms with van der Waals surface area (Å²) in [7, 11) is 0. The summed E-state index contributed by atoms with van der Waals surface area (Å²) in [5, 5.41) is 6.29. The van der Waals surface area contributed by atoms with Crippen molar-refractivity contribution in [2.45, 2.75) is 55.9 Å². The number of ketones is 1. The molecule has 6 heteroatoms. The van der Waals surface area contributed by atoms with Crippen molar-refractivity contribution in [3.63, 3.8) is 0 Å². The molecule has 0 aliphatic heterocycles. The summed E-state index contributed by atoms with van der Waals surface area (Å²) in [5.41, 5.74) is 1.66. The van der Waals surface area contributed by atoms with Gasteiger partial charge in [-0.05, 0) is 87.5 Å². The van der Waals surface area contributed by atoms with Gasteiger partial charge in [-0.25, -0.2) is 0 Å². The zero-order valence-electron chi connectivity index (χ0n) is 18.9. The number of amides is 2. The van der Waals surface area contributed by atoms with Crippen LogP contribution in [0.15, 0.2) is 53.4 Å². The van der Waals surface area contributed by atoms with Crippen LogP contribution in [0.25, 0.3) is 0 Å². The molecule has 0 spiro atoms. The summed E-state index contributed by atoms with van der Waals surface area (Å²) >= 11 is 1.40. The summed E-state index contributed by atoms with van der Waals surface area (Å²) in [6.45, 7) is 1.50. The number of thioether (sulfide) groups is 1. The van der Waals surface area contributed by atoms with E-state index in [0.29, 0.717) is 22.6 Å². The van der Waals surface area contributed by atoms with Gasteiger partial charge in [0.2, 0.25) is 5.91 Å². The first-order valence-electron chi connectivity index (χ1n) is 11.8. The molecule has 2 aromatic rings. The van der Waals surface area contributed by atoms with Gasteiger partial charge in [0, 0.05) is 21.7 Å². The lowest BCUT2D eigenvalue weighted by molar-refractivity contribution is -0.124. The van der Waals surface area contributed by atoms with Gasteiger partial charge in [0.1, 0.15) is 0 Å². The lowest BCUT2D eigenvalue weighted by Crippen LogP contribution is -2.60. The smallest absolute Gasteiger partial charge is 0.256 e. The summed E-state index contributed by atoms with van der Waals surface area (Å²) in [6.07, 6.45) is 7.44. The maximum Gasteiger partial charge on any atom is 0.256 e. The van der Waals surface area contributed by atoms with E-state index in [1.54, 1.807) is 30.3 Å². The SMILES string of the molecule is CC(=O)c1cccc(NC(=O)c2ccccc2SCC(=O)NC23CC4CC(CC(C4)C2)C3)c1. The molecule has 4 bridgehead atoms. The Morgan fingerprint density at radius 1 is 0.939 bits per heavy atom. The van der Waals surface area contributed by atoms with E-state index in [0.717, 1.165) is 41.9 Å². The molecule has 4 fully saturated rings. The van der Waals surface area contributed by atoms with Crippen LogP contribution in [0.5, 0.6) is 0 Å². The van der Waals surface area contributed by atoms with Gasteiger partial charge in [-0.1, -0.05) is 24.3 Å². The van der Waals surface area contributed by atoms with Crippen molar-refractivity contribution in [1.82, 2.24) is 5.32 Å². The van der Waals surface area contributed by atoms with Gasteiger partial charge in [-0.15, -0.1) is 11.8 Å². The van der Waals surface area contributed by atoms with Crippen molar-refractivity contribution in [1.29, 1.82) is 0 Å². The van der Waals surface area contributed by atoms with Crippen molar-refractivity contribution >= 4 is 35.0 Å². The molecule has 4 aliphatic rings. The van der Waals surface area contributed by atoms with Gasteiger partial charge in [0.25, 0.3) is 5.91 Å². The number of nitrogens with one attached hydrogen (secondary N) is 2. The quantitative estimate of drug-likeness (QED) is 0.431. The molecule has 33 heavy (non-hydrogen) atoms. The number of benzene rings is 2. The Morgan fingerprint density at radius 2 is 1.61 bits per heavy atom. The largest absolute Gasteiger partial charge is 0.350 e. The van der Waals surface area contributed by atoms with Crippen molar-refractivity contribution in [3.8, 4) is 0 Å². The predicted octanol–water partition coefficient (Wildman–Crippen LogP) is 5.32. The van der Waals surface area contributed by atoms with Crippen LogP contribution in [0, 0.1) is 17.8 Å². The first-order chi connectivity index (χ1) is 15.9. The van der Waals surface area contributed by atoms with Crippen LogP contribution >= 0.6 is 11.8 Å². The molecule has 0 atom stereocenters. The Kier molecular flexibility index (Phi) is 6.04. The highest BCUT2D eigenvalue weighted by Crippen LogP contribution is 2.55. The summed E-state index contributed by atoms with van der Waals surface area (Å²) in [4.78, 5) is 38.3. The molecule has 5 nitrogen and oxygen atoms in total. The highest BCUT2D eigenvalue weighted by Gasteiger charge is 2.51. The third-order valence-electron chi connectivity index (χ3n) is 7.46. The second-order valence-electron chi connectivity index (χ2n) is 10.1. The molecular weight excluding hydrogens is 432 g/mol. The summed E-state index contributed by atoms with van der Waals surface area (Å²) in [5.74, 6) is 2.42. The molecule has 2 N–H and O–H groups in total. The minimum absolute atomic E-state index is 0.00498. The second kappa shape index (κ2) is 8.98. The maximum atomic E-state index is 12.9. The van der Waals surface area contributed by atoms with Gasteiger partial charge in [0.05, 0.1) is 11.3 Å². The van der Waals surface area contributed by atoms with Crippen molar-refractivity contribution in [2.75, 3.05) is 11.1 Å². The number of anilines is 1. The Morgan fingerprint density at radius 3 is 2.27 bits per heavy atom. The van der Waals surface area contributed by atoms with Crippen LogP contribution in [-0.4, -0.2) is 28.9 Å². The molecule has 2 amide bonds. The van der Waals surface area contributed by atoms with Crippen molar-refractivity contribution < 1.29 is 14.4 Å². The molecule has 4 saturated carbocycles. The van der Waals surface area contributed by atoms with Crippen LogP contribution in [0.3, 0.4) is 0 Å². The number of hydrogen-bond donors (Lipinski definition) is 2. The average molecular weight is 463 g/mol. The molecule has 0 unspecified atom stereocenters. The minimum atomic E-state index is -0.250. The van der Waals surface area contributed by atoms with Crippen LogP contribution in [0.1, 0.15) is 66.2 Å². The normalized spacial score (nSPS) is 27.2. The summed E-state index contributed by atoms with van der Waals surface area (Å²) in [6, 6.07) is 14.3. The molecule has 0 radical (unpaired) electrons. The second-order valence-corrected chi connectivity index (χ2v) is 11.1. The average Bonchev–Trinajstić information content (AvgIpc) is 2.77. The summed E-state index contributed by atoms with van der Waals surface area (Å²) < 4.78 is 0. The van der Waals surface area contributed by atoms with E-state index in [4.69, 9.17) is 0 Å². The Labute approximate surface area is 199 Å². The van der Waals surface area contributed by atoms with Crippen LogP contribution in [0.2, 0.25) is 0 Å². The Balaban J connectivity index is 1.22. The van der Waals surface area contributed by atoms with Crippen LogP contribution in [-0.2, 0) is 4.79 Å². The minimum Gasteiger partial charge on any atom is -0.350 e. The highest BCUT2D eigenvalue weighted by molar-refractivity contribution is 8.00. The fourth-order valence-electron chi connectivity index (χ4n) is 6.53. The van der Waals surface area contributed by atoms with Crippen molar-refractivity contribution in [2.24, 2.45) is 17.8 Å². The van der Waals surface area contributed by atoms with Gasteiger partial charge < -0.3 is 10.6 Å². The third-order valence-corrected chi connectivity index (χ3v) is 8.53. The van der Waals surface area contributed by atoms with Gasteiger partial charge in [0.15, 0.2) is 5.78 Å². The molecule has 4 aliphatic carbocycles. The Hall–Kier alpha value is -2.60. The van der Waals surface area contributed by atoms with E-state index in [1.165, 1.54) is 37.9 Å². The van der Waals surface area contributed by atoms with Gasteiger partial charge in [-0.3, -0.25) is 14.4 Å². The molecular formula is C27H30N2O3S. The third kappa shape index (κ3) is 4.86. The van der Waals surface area contributed by atoms with E-state index in [2.05, 4.69) is 10.6 Å². The van der Waals surface area contributed by atoms with Gasteiger partial charge in [-0.2, -0.15) is 0 Å². The van der Waals surface area contributed by atoms with E-state index >= 15 is 0 Å². The lowest BCUT2D eigenvalue weighted by atomic mass is 9.53. The first-order valence-corrected chi connectivity index (χ1v) is 12.8. The zero-order valence-corrected chi connectivity index (χ0v) is 19.8. The molecule has 2 aromatic carbocycles. The number of carbonyl (C=O) groups is 3. The van der Waals surface area contributed by atoms with E-state index in [-0.39, 0.29) is 23.1 Å². The number of carbonyl (C=O) groups excluding carboxylic acids is 3. The van der Waals surface area contributed by atoms with Crippen molar-refractivity contribution in [3.05, 3.63) is 59.7 Å². The number of rotatable bonds is 7. The molecule has 0 aromatic heterocycles. The number of Topliss-reactive ketones (excluding diaryl/α,β-unsaturated/α-hetero) is 1. The standard InChI is InChI=1S/C27H30N2O3S/c1-17(30)21-5-4-6-22(12-21)28-26(32)23-7-2-3-8-24(23)33-16-25(31)29-27-13-18-9-19(14-27)11-20(10-18)15-27/h2-8,12,18-20H,9-11,13-16H2,1H3,(H,28,32)(H,29,31). The monoisotopic (exact) mass is 462 g/mol.